The van der Waals surface area contributed by atoms with Gasteiger partial charge in [-0.15, -0.1) is 11.3 Å². The van der Waals surface area contributed by atoms with Crippen LogP contribution in [0.4, 0.5) is 5.69 Å². The van der Waals surface area contributed by atoms with Gasteiger partial charge < -0.3 is 14.3 Å². The number of nitrogens with one attached hydrogen (secondary N) is 1. The Bertz CT molecular complexity index is 3590. The molecule has 0 radical (unpaired) electrons. The van der Waals surface area contributed by atoms with Crippen molar-refractivity contribution >= 4 is 109 Å². The number of benzene rings is 9. The summed E-state index contributed by atoms with van der Waals surface area (Å²) in [5, 5.41) is 17.1. The van der Waals surface area contributed by atoms with E-state index in [0.29, 0.717) is 0 Å². The van der Waals surface area contributed by atoms with Crippen LogP contribution in [-0.2, 0) is 0 Å². The number of aromatic nitrogens is 1. The first-order chi connectivity index (χ1) is 28.2. The first kappa shape index (κ1) is 31.0. The lowest BCUT2D eigenvalue weighted by atomic mass is 9.98. The summed E-state index contributed by atoms with van der Waals surface area (Å²) in [4.78, 5) is 6.80. The maximum absolute atomic E-state index is 6.94. The minimum Gasteiger partial charge on any atom is -0.456 e. The maximum Gasteiger partial charge on any atom is 0.138 e. The molecule has 0 saturated heterocycles. The van der Waals surface area contributed by atoms with Crippen molar-refractivity contribution in [2.75, 3.05) is 0 Å². The smallest absolute Gasteiger partial charge is 0.138 e. The van der Waals surface area contributed by atoms with Gasteiger partial charge in [-0.3, -0.25) is 0 Å². The van der Waals surface area contributed by atoms with Gasteiger partial charge >= 0.3 is 0 Å². The zero-order valence-electron chi connectivity index (χ0n) is 30.5. The minimum atomic E-state index is -0.0743. The fraction of sp³-hybridized carbons (Fsp3) is 0.0192. The topological polar surface area (TPSA) is 42.5 Å². The molecule has 9 aromatic carbocycles. The summed E-state index contributed by atoms with van der Waals surface area (Å²) in [5.74, 6) is 0.833. The third-order valence-corrected chi connectivity index (χ3v) is 13.2. The van der Waals surface area contributed by atoms with Gasteiger partial charge in [0.15, 0.2) is 0 Å². The van der Waals surface area contributed by atoms with Crippen molar-refractivity contribution in [3.8, 4) is 5.69 Å². The Morgan fingerprint density at radius 2 is 1.12 bits per heavy atom. The van der Waals surface area contributed by atoms with Gasteiger partial charge in [0.05, 0.1) is 33.3 Å². The number of furan rings is 1. The molecule has 1 aliphatic rings. The molecule has 1 aliphatic heterocycles. The Labute approximate surface area is 330 Å². The third kappa shape index (κ3) is 4.46. The van der Waals surface area contributed by atoms with Gasteiger partial charge in [0.25, 0.3) is 0 Å². The van der Waals surface area contributed by atoms with Crippen molar-refractivity contribution in [2.45, 2.75) is 6.04 Å². The molecule has 0 spiro atoms. The molecule has 0 saturated carbocycles. The molecule has 1 atom stereocenters. The van der Waals surface area contributed by atoms with Crippen LogP contribution in [0.2, 0.25) is 0 Å². The van der Waals surface area contributed by atoms with E-state index in [-0.39, 0.29) is 6.04 Å². The summed E-state index contributed by atoms with van der Waals surface area (Å²) in [6.07, 6.45) is 0. The van der Waals surface area contributed by atoms with Crippen molar-refractivity contribution < 1.29 is 4.42 Å². The molecule has 1 unspecified atom stereocenters. The van der Waals surface area contributed by atoms with Crippen LogP contribution in [0.1, 0.15) is 22.0 Å². The van der Waals surface area contributed by atoms with E-state index in [4.69, 9.17) is 9.41 Å². The highest BCUT2D eigenvalue weighted by Crippen LogP contribution is 2.48. The van der Waals surface area contributed by atoms with Crippen molar-refractivity contribution in [2.24, 2.45) is 4.99 Å². The Balaban J connectivity index is 1.17. The van der Waals surface area contributed by atoms with Crippen molar-refractivity contribution in [1.29, 1.82) is 0 Å². The van der Waals surface area contributed by atoms with Crippen LogP contribution in [0, 0.1) is 0 Å². The normalized spacial score (nSPS) is 14.4. The van der Waals surface area contributed by atoms with Gasteiger partial charge in [-0.2, -0.15) is 0 Å². The SMILES string of the molecule is c1ccc(C2NC(c3cc(-n4c5ccc6ccccc6c5c5c6ccccc6ccc54)cc4oc5cc6ccccc6cc5c34)=Nc3c2sc2ccccc32)cc1. The fourth-order valence-electron chi connectivity index (χ4n) is 9.45. The molecule has 0 bridgehead atoms. The molecule has 0 aliphatic carbocycles. The van der Waals surface area contributed by atoms with E-state index < -0.39 is 0 Å². The van der Waals surface area contributed by atoms with Gasteiger partial charge in [-0.1, -0.05) is 133 Å². The Morgan fingerprint density at radius 3 is 1.84 bits per heavy atom. The molecular weight excluding hydrogens is 715 g/mol. The monoisotopic (exact) mass is 745 g/mol. The first-order valence-corrected chi connectivity index (χ1v) is 20.2. The zero-order chi connectivity index (χ0) is 37.2. The predicted octanol–water partition coefficient (Wildman–Crippen LogP) is 14.1. The number of rotatable bonds is 3. The van der Waals surface area contributed by atoms with Crippen LogP contribution in [0.3, 0.4) is 0 Å². The second-order valence-corrected chi connectivity index (χ2v) is 16.2. The van der Waals surface area contributed by atoms with Gasteiger partial charge in [-0.05, 0) is 74.3 Å². The highest BCUT2D eigenvalue weighted by molar-refractivity contribution is 7.19. The van der Waals surface area contributed by atoms with Crippen molar-refractivity contribution in [3.05, 3.63) is 192 Å². The van der Waals surface area contributed by atoms with Crippen LogP contribution in [0.5, 0.6) is 0 Å². The van der Waals surface area contributed by atoms with Gasteiger partial charge in [0.1, 0.15) is 17.0 Å². The minimum absolute atomic E-state index is 0.0743. The van der Waals surface area contributed by atoms with E-state index in [1.54, 1.807) is 0 Å². The predicted molar refractivity (Wildman–Crippen MR) is 240 cm³/mol. The molecule has 0 fully saturated rings. The highest BCUT2D eigenvalue weighted by Gasteiger charge is 2.30. The highest BCUT2D eigenvalue weighted by atomic mass is 32.1. The lowest BCUT2D eigenvalue weighted by molar-refractivity contribution is 0.669. The fourth-order valence-corrected chi connectivity index (χ4v) is 10.7. The van der Waals surface area contributed by atoms with Gasteiger partial charge in [-0.25, -0.2) is 4.99 Å². The molecule has 4 heterocycles. The molecule has 57 heavy (non-hydrogen) atoms. The van der Waals surface area contributed by atoms with E-state index >= 15 is 0 Å². The zero-order valence-corrected chi connectivity index (χ0v) is 31.3. The summed E-state index contributed by atoms with van der Waals surface area (Å²) in [6.45, 7) is 0. The van der Waals surface area contributed by atoms with Crippen LogP contribution >= 0.6 is 11.3 Å². The molecule has 3 aromatic heterocycles. The summed E-state index contributed by atoms with van der Waals surface area (Å²) in [7, 11) is 0. The largest absolute Gasteiger partial charge is 0.456 e. The average molecular weight is 746 g/mol. The van der Waals surface area contributed by atoms with Crippen molar-refractivity contribution in [1.82, 2.24) is 9.88 Å². The Hall–Kier alpha value is -7.21. The summed E-state index contributed by atoms with van der Waals surface area (Å²) in [6, 6.07) is 63.5. The Kier molecular flexibility index (Phi) is 6.35. The van der Waals surface area contributed by atoms with Crippen LogP contribution in [0.15, 0.2) is 185 Å². The number of hydrogen-bond acceptors (Lipinski definition) is 4. The van der Waals surface area contributed by atoms with Gasteiger partial charge in [0, 0.05) is 43.3 Å². The molecule has 13 rings (SSSR count). The Morgan fingerprint density at radius 1 is 0.509 bits per heavy atom. The first-order valence-electron chi connectivity index (χ1n) is 19.4. The summed E-state index contributed by atoms with van der Waals surface area (Å²) >= 11 is 1.82. The van der Waals surface area contributed by atoms with Crippen LogP contribution in [0.25, 0.3) is 91.8 Å². The number of thiophene rings is 1. The number of fused-ring (bicyclic) bond motifs is 14. The van der Waals surface area contributed by atoms with Crippen LogP contribution < -0.4 is 5.32 Å². The lowest BCUT2D eigenvalue weighted by Crippen LogP contribution is -2.32. The molecule has 0 amide bonds. The quantitative estimate of drug-likeness (QED) is 0.196. The molecule has 4 nitrogen and oxygen atoms in total. The van der Waals surface area contributed by atoms with E-state index in [9.17, 15) is 0 Å². The maximum atomic E-state index is 6.94. The van der Waals surface area contributed by atoms with E-state index in [1.165, 1.54) is 58.2 Å². The second-order valence-electron chi connectivity index (χ2n) is 15.1. The number of amidine groups is 1. The number of nitrogens with zero attached hydrogens (tertiary/aromatic N) is 2. The summed E-state index contributed by atoms with van der Waals surface area (Å²) in [5.41, 5.74) is 8.26. The molecular formula is C52H31N3OS. The molecule has 266 valence electrons. The summed E-state index contributed by atoms with van der Waals surface area (Å²) < 4.78 is 10.6. The molecule has 5 heteroatoms. The van der Waals surface area contributed by atoms with Gasteiger partial charge in [0.2, 0.25) is 0 Å². The van der Waals surface area contributed by atoms with Crippen molar-refractivity contribution in [3.63, 3.8) is 0 Å². The average Bonchev–Trinajstić information content (AvgIpc) is 3.94. The molecule has 1 N–H and O–H groups in total. The third-order valence-electron chi connectivity index (χ3n) is 12.0. The lowest BCUT2D eigenvalue weighted by Gasteiger charge is -2.26. The van der Waals surface area contributed by atoms with E-state index in [1.807, 2.05) is 11.3 Å². The van der Waals surface area contributed by atoms with E-state index in [2.05, 4.69) is 186 Å². The van der Waals surface area contributed by atoms with E-state index in [0.717, 1.165) is 61.1 Å². The standard InChI is InChI=1S/C52H31N3OS/c1-2-14-32(15-3-1)49-51-50(38-20-10-11-21-45(38)57-51)54-52(53-49)40-28-35(29-44-46(40)39-26-33-16-4-5-17-34(33)27-43(39)56-44)55-41-24-22-30-12-6-8-18-36(30)47(41)48-37-19-9-7-13-31(37)23-25-42(48)55/h1-29,49H,(H,53,54). The number of hydrogen-bond donors (Lipinski definition) is 1. The second kappa shape index (κ2) is 11.7. The van der Waals surface area contributed by atoms with Crippen LogP contribution in [-0.4, -0.2) is 10.4 Å². The molecule has 12 aromatic rings. The number of aliphatic imine (C=N–C) groups is 1.